The maximum absolute atomic E-state index is 13.5. The summed E-state index contributed by atoms with van der Waals surface area (Å²) in [6.07, 6.45) is -4.66. The predicted octanol–water partition coefficient (Wildman–Crippen LogP) is 7.11. The minimum atomic E-state index is -4.66. The number of benzene rings is 3. The zero-order valence-electron chi connectivity index (χ0n) is 21.3. The fraction of sp³-hybridized carbons (Fsp3) is 0.250. The third-order valence-electron chi connectivity index (χ3n) is 6.39. The average Bonchev–Trinajstić information content (AvgIpc) is 3.37. The van der Waals surface area contributed by atoms with Crippen LogP contribution in [0, 0.1) is 6.92 Å². The van der Waals surface area contributed by atoms with Crippen LogP contribution in [0.25, 0.3) is 16.8 Å². The molecule has 2 heterocycles. The molecular formula is C28H24Cl2F3N3O3S. The van der Waals surface area contributed by atoms with Gasteiger partial charge in [-0.15, -0.1) is 0 Å². The van der Waals surface area contributed by atoms with E-state index in [0.29, 0.717) is 36.9 Å². The summed E-state index contributed by atoms with van der Waals surface area (Å²) in [5.74, 6) is 0.445. The van der Waals surface area contributed by atoms with Crippen LogP contribution in [0.5, 0.6) is 5.75 Å². The molecule has 0 radical (unpaired) electrons. The smallest absolute Gasteiger partial charge is 0.435 e. The van der Waals surface area contributed by atoms with Gasteiger partial charge >= 0.3 is 6.18 Å². The molecule has 1 aromatic heterocycles. The second-order valence-corrected chi connectivity index (χ2v) is 11.4. The van der Waals surface area contributed by atoms with Crippen molar-refractivity contribution in [2.75, 3.05) is 26.3 Å². The first-order valence-electron chi connectivity index (χ1n) is 12.3. The molecule has 3 aromatic carbocycles. The van der Waals surface area contributed by atoms with Gasteiger partial charge in [-0.05, 0) is 66.1 Å². The number of ether oxygens (including phenoxy) is 2. The number of hydrogen-bond donors (Lipinski definition) is 0. The number of hydrogen-bond acceptors (Lipinski definition) is 4. The molecule has 0 spiro atoms. The summed E-state index contributed by atoms with van der Waals surface area (Å²) in [5.41, 5.74) is 2.00. The predicted molar refractivity (Wildman–Crippen MR) is 148 cm³/mol. The van der Waals surface area contributed by atoms with Crippen molar-refractivity contribution in [3.63, 3.8) is 0 Å². The molecule has 210 valence electrons. The number of halogens is 5. The van der Waals surface area contributed by atoms with Crippen LogP contribution in [-0.4, -0.2) is 44.6 Å². The van der Waals surface area contributed by atoms with Crippen molar-refractivity contribution in [1.82, 2.24) is 14.1 Å². The summed E-state index contributed by atoms with van der Waals surface area (Å²) in [5, 5.41) is 4.02. The number of aromatic nitrogens is 2. The number of nitrogens with zero attached hydrogens (tertiary/aromatic N) is 3. The second-order valence-electron chi connectivity index (χ2n) is 9.08. The fourth-order valence-electron chi connectivity index (χ4n) is 4.32. The Kier molecular flexibility index (Phi) is 8.53. The zero-order valence-corrected chi connectivity index (χ0v) is 23.6. The van der Waals surface area contributed by atoms with Crippen molar-refractivity contribution in [2.45, 2.75) is 24.6 Å². The minimum Gasteiger partial charge on any atom is -0.487 e. The molecule has 12 heteroatoms. The topological polar surface area (TPSA) is 56.6 Å². The van der Waals surface area contributed by atoms with Crippen LogP contribution < -0.4 is 4.74 Å². The van der Waals surface area contributed by atoms with Gasteiger partial charge in [-0.25, -0.2) is 13.2 Å². The normalized spacial score (nSPS) is 15.2. The maximum Gasteiger partial charge on any atom is 0.435 e. The van der Waals surface area contributed by atoms with Gasteiger partial charge in [0.05, 0.1) is 33.8 Å². The highest BCUT2D eigenvalue weighted by Crippen LogP contribution is 2.34. The van der Waals surface area contributed by atoms with E-state index >= 15 is 0 Å². The van der Waals surface area contributed by atoms with Gasteiger partial charge in [0.15, 0.2) is 5.69 Å². The van der Waals surface area contributed by atoms with Crippen LogP contribution in [0.3, 0.4) is 0 Å². The molecule has 4 aromatic rings. The van der Waals surface area contributed by atoms with Gasteiger partial charge in [0.1, 0.15) is 29.0 Å². The van der Waals surface area contributed by atoms with Gasteiger partial charge in [-0.1, -0.05) is 47.5 Å². The second kappa shape index (κ2) is 11.9. The van der Waals surface area contributed by atoms with E-state index in [1.54, 1.807) is 18.2 Å². The first-order valence-corrected chi connectivity index (χ1v) is 14.2. The van der Waals surface area contributed by atoms with Crippen molar-refractivity contribution >= 4 is 34.2 Å². The molecule has 1 fully saturated rings. The number of rotatable bonds is 7. The summed E-state index contributed by atoms with van der Waals surface area (Å²) >= 11 is 12.5. The molecule has 1 saturated heterocycles. The van der Waals surface area contributed by atoms with Crippen molar-refractivity contribution in [2.24, 2.45) is 0 Å². The number of para-hydroxylation sites is 1. The highest BCUT2D eigenvalue weighted by Gasteiger charge is 2.35. The van der Waals surface area contributed by atoms with Crippen LogP contribution in [0.4, 0.5) is 13.2 Å². The van der Waals surface area contributed by atoms with Crippen LogP contribution in [0.2, 0.25) is 10.0 Å². The van der Waals surface area contributed by atoms with E-state index in [0.717, 1.165) is 27.4 Å². The summed E-state index contributed by atoms with van der Waals surface area (Å²) in [7, 11) is -1.30. The third kappa shape index (κ3) is 6.21. The average molecular weight is 610 g/mol. The van der Waals surface area contributed by atoms with Crippen LogP contribution in [-0.2, 0) is 28.5 Å². The zero-order chi connectivity index (χ0) is 28.4. The van der Waals surface area contributed by atoms with Crippen molar-refractivity contribution in [3.8, 4) is 22.6 Å². The van der Waals surface area contributed by atoms with Crippen LogP contribution in [0.15, 0.2) is 71.6 Å². The van der Waals surface area contributed by atoms with Gasteiger partial charge in [0.25, 0.3) is 0 Å². The van der Waals surface area contributed by atoms with Gasteiger partial charge in [0, 0.05) is 13.1 Å². The molecule has 1 atom stereocenters. The fourth-order valence-corrected chi connectivity index (χ4v) is 6.06. The molecule has 0 amide bonds. The lowest BCUT2D eigenvalue weighted by atomic mass is 10.0. The molecule has 40 heavy (non-hydrogen) atoms. The molecule has 5 rings (SSSR count). The third-order valence-corrected chi connectivity index (χ3v) is 8.49. The Hall–Kier alpha value is -2.89. The van der Waals surface area contributed by atoms with E-state index in [-0.39, 0.29) is 28.0 Å². The van der Waals surface area contributed by atoms with Crippen molar-refractivity contribution in [3.05, 3.63) is 93.7 Å². The SMILES string of the molecule is Cc1ccc(S(=O)N2CCOCC2)cc1-c1ccc(OCc2cc(C(F)(F)F)nn2-c2c(Cl)cccc2Cl)cc1. The van der Waals surface area contributed by atoms with Crippen molar-refractivity contribution in [1.29, 1.82) is 0 Å². The van der Waals surface area contributed by atoms with E-state index in [1.807, 2.05) is 41.6 Å². The largest absolute Gasteiger partial charge is 0.487 e. The van der Waals surface area contributed by atoms with Crippen LogP contribution >= 0.6 is 23.2 Å². The summed E-state index contributed by atoms with van der Waals surface area (Å²) in [6.45, 7) is 4.07. The van der Waals surface area contributed by atoms with Crippen LogP contribution in [0.1, 0.15) is 17.0 Å². The lowest BCUT2D eigenvalue weighted by Gasteiger charge is -2.25. The highest BCUT2D eigenvalue weighted by atomic mass is 35.5. The number of aryl methyl sites for hydroxylation is 1. The Labute approximate surface area is 241 Å². The monoisotopic (exact) mass is 609 g/mol. The quantitative estimate of drug-likeness (QED) is 0.224. The van der Waals surface area contributed by atoms with Gasteiger partial charge in [-0.3, -0.25) is 0 Å². The molecule has 1 aliphatic rings. The van der Waals surface area contributed by atoms with Gasteiger partial charge in [-0.2, -0.15) is 18.3 Å². The van der Waals surface area contributed by atoms with E-state index in [2.05, 4.69) is 5.10 Å². The number of morpholine rings is 1. The first-order chi connectivity index (χ1) is 19.1. The summed E-state index contributed by atoms with van der Waals surface area (Å²) in [4.78, 5) is 0.704. The molecule has 0 aliphatic carbocycles. The lowest BCUT2D eigenvalue weighted by Crippen LogP contribution is -2.37. The van der Waals surface area contributed by atoms with E-state index < -0.39 is 22.9 Å². The highest BCUT2D eigenvalue weighted by molar-refractivity contribution is 7.82. The molecule has 0 saturated carbocycles. The van der Waals surface area contributed by atoms with E-state index in [9.17, 15) is 17.4 Å². The number of alkyl halides is 3. The molecule has 0 N–H and O–H groups in total. The molecule has 6 nitrogen and oxygen atoms in total. The Morgan fingerprint density at radius 3 is 2.33 bits per heavy atom. The van der Waals surface area contributed by atoms with E-state index in [4.69, 9.17) is 32.7 Å². The molecule has 1 unspecified atom stereocenters. The molecular weight excluding hydrogens is 586 g/mol. The van der Waals surface area contributed by atoms with Crippen molar-refractivity contribution < 1.29 is 26.9 Å². The van der Waals surface area contributed by atoms with Gasteiger partial charge in [0.2, 0.25) is 0 Å². The summed E-state index contributed by atoms with van der Waals surface area (Å²) < 4.78 is 67.6. The van der Waals surface area contributed by atoms with E-state index in [1.165, 1.54) is 12.1 Å². The molecule has 0 bridgehead atoms. The van der Waals surface area contributed by atoms with Gasteiger partial charge < -0.3 is 9.47 Å². The Bertz CT molecular complexity index is 1520. The maximum atomic E-state index is 13.5. The standard InChI is InChI=1S/C28H24Cl2F3N3O3S/c1-18-5-10-22(40(37)35-11-13-38-14-12-35)16-23(18)19-6-8-21(9-7-19)39-17-20-15-26(28(31,32)33)34-36(20)27-24(29)3-2-4-25(27)30/h2-10,15-16H,11-14,17H2,1H3. The first kappa shape index (κ1) is 28.6. The summed E-state index contributed by atoms with van der Waals surface area (Å²) in [6, 6.07) is 18.4. The minimum absolute atomic E-state index is 0.125. The lowest BCUT2D eigenvalue weighted by molar-refractivity contribution is -0.141. The molecule has 1 aliphatic heterocycles. The Balaban J connectivity index is 1.36. The Morgan fingerprint density at radius 1 is 1.00 bits per heavy atom. The Morgan fingerprint density at radius 2 is 1.68 bits per heavy atom.